The van der Waals surface area contributed by atoms with Crippen LogP contribution in [0.2, 0.25) is 5.02 Å². The summed E-state index contributed by atoms with van der Waals surface area (Å²) < 4.78 is 29.1. The molecule has 0 aliphatic carbocycles. The summed E-state index contributed by atoms with van der Waals surface area (Å²) in [6, 6.07) is 18.0. The van der Waals surface area contributed by atoms with Gasteiger partial charge in [0, 0.05) is 17.6 Å². The average molecular weight is 584 g/mol. The van der Waals surface area contributed by atoms with Crippen molar-refractivity contribution in [1.29, 1.82) is 0 Å². The van der Waals surface area contributed by atoms with Crippen LogP contribution in [0.1, 0.15) is 49.4 Å². The van der Waals surface area contributed by atoms with Crippen LogP contribution < -0.4 is 9.62 Å². The van der Waals surface area contributed by atoms with Gasteiger partial charge in [0.05, 0.1) is 10.6 Å². The van der Waals surface area contributed by atoms with Gasteiger partial charge in [0.1, 0.15) is 12.6 Å². The van der Waals surface area contributed by atoms with Gasteiger partial charge in [0.2, 0.25) is 11.8 Å². The average Bonchev–Trinajstić information content (AvgIpc) is 2.90. The molecule has 3 aromatic carbocycles. The Morgan fingerprint density at radius 2 is 1.57 bits per heavy atom. The van der Waals surface area contributed by atoms with E-state index >= 15 is 0 Å². The maximum Gasteiger partial charge on any atom is 0.264 e. The number of benzene rings is 3. The van der Waals surface area contributed by atoms with E-state index in [1.165, 1.54) is 17.0 Å². The Morgan fingerprint density at radius 3 is 2.17 bits per heavy atom. The predicted molar refractivity (Wildman–Crippen MR) is 161 cm³/mol. The maximum absolute atomic E-state index is 14.0. The number of rotatable bonds is 11. The van der Waals surface area contributed by atoms with Crippen LogP contribution in [0.25, 0.3) is 0 Å². The molecule has 2 atom stereocenters. The fraction of sp³-hybridized carbons (Fsp3) is 0.355. The van der Waals surface area contributed by atoms with E-state index in [0.29, 0.717) is 16.3 Å². The van der Waals surface area contributed by atoms with Crippen molar-refractivity contribution in [2.24, 2.45) is 0 Å². The lowest BCUT2D eigenvalue weighted by Gasteiger charge is -2.33. The Labute approximate surface area is 243 Å². The summed E-state index contributed by atoms with van der Waals surface area (Å²) in [5.41, 5.74) is 3.73. The third-order valence-electron chi connectivity index (χ3n) is 6.92. The largest absolute Gasteiger partial charge is 0.352 e. The van der Waals surface area contributed by atoms with Gasteiger partial charge in [-0.3, -0.25) is 13.9 Å². The van der Waals surface area contributed by atoms with Gasteiger partial charge in [-0.05, 0) is 82.5 Å². The van der Waals surface area contributed by atoms with E-state index < -0.39 is 28.5 Å². The molecule has 0 fully saturated rings. The molecule has 0 heterocycles. The van der Waals surface area contributed by atoms with Gasteiger partial charge in [-0.15, -0.1) is 0 Å². The molecule has 9 heteroatoms. The van der Waals surface area contributed by atoms with E-state index in [4.69, 9.17) is 11.6 Å². The standard InChI is InChI=1S/C31H38ClN3O4S/c1-7-24(5)33-31(37)25(6)34(19-26-9-8-10-27(32)18-26)30(36)20-35(29-16-13-22(3)17-23(29)4)40(38,39)28-14-11-21(2)12-15-28/h8-18,24-25H,7,19-20H2,1-6H3,(H,33,37)/t24-,25-/m0/s1. The Bertz CT molecular complexity index is 1460. The second kappa shape index (κ2) is 13.3. The van der Waals surface area contributed by atoms with E-state index in [-0.39, 0.29) is 23.4 Å². The fourth-order valence-corrected chi connectivity index (χ4v) is 6.01. The number of carbonyl (C=O) groups excluding carboxylic acids is 2. The molecule has 0 saturated carbocycles. The van der Waals surface area contributed by atoms with Crippen LogP contribution in [-0.2, 0) is 26.2 Å². The quantitative estimate of drug-likeness (QED) is 0.309. The lowest BCUT2D eigenvalue weighted by molar-refractivity contribution is -0.139. The van der Waals surface area contributed by atoms with E-state index in [1.54, 1.807) is 43.3 Å². The summed E-state index contributed by atoms with van der Waals surface area (Å²) in [5.74, 6) is -0.827. The predicted octanol–water partition coefficient (Wildman–Crippen LogP) is 5.79. The Hall–Kier alpha value is -3.36. The van der Waals surface area contributed by atoms with Crippen LogP contribution >= 0.6 is 11.6 Å². The van der Waals surface area contributed by atoms with Crippen molar-refractivity contribution in [2.45, 2.75) is 71.5 Å². The molecule has 1 N–H and O–H groups in total. The molecule has 0 aliphatic rings. The second-order valence-corrected chi connectivity index (χ2v) is 12.6. The lowest BCUT2D eigenvalue weighted by atomic mass is 10.1. The number of nitrogens with zero attached hydrogens (tertiary/aromatic N) is 2. The zero-order valence-electron chi connectivity index (χ0n) is 23.9. The summed E-state index contributed by atoms with van der Waals surface area (Å²) in [5, 5.41) is 3.43. The molecule has 3 aromatic rings. The van der Waals surface area contributed by atoms with Gasteiger partial charge in [-0.25, -0.2) is 8.42 Å². The Morgan fingerprint density at radius 1 is 0.925 bits per heavy atom. The van der Waals surface area contributed by atoms with Crippen molar-refractivity contribution in [3.63, 3.8) is 0 Å². The fourth-order valence-electron chi connectivity index (χ4n) is 4.32. The minimum atomic E-state index is -4.12. The van der Waals surface area contributed by atoms with Crippen LogP contribution in [-0.4, -0.2) is 43.8 Å². The normalized spacial score (nSPS) is 12.9. The molecule has 0 spiro atoms. The van der Waals surface area contributed by atoms with Crippen molar-refractivity contribution in [3.05, 3.63) is 94.0 Å². The number of aryl methyl sites for hydroxylation is 3. The van der Waals surface area contributed by atoms with Gasteiger partial charge in [0.15, 0.2) is 0 Å². The summed E-state index contributed by atoms with van der Waals surface area (Å²) in [7, 11) is -4.12. The van der Waals surface area contributed by atoms with Gasteiger partial charge in [-0.2, -0.15) is 0 Å². The molecule has 0 radical (unpaired) electrons. The topological polar surface area (TPSA) is 86.8 Å². The van der Waals surface area contributed by atoms with Gasteiger partial charge in [0.25, 0.3) is 10.0 Å². The molecule has 0 bridgehead atoms. The maximum atomic E-state index is 14.0. The van der Waals surface area contributed by atoms with Crippen molar-refractivity contribution in [1.82, 2.24) is 10.2 Å². The monoisotopic (exact) mass is 583 g/mol. The summed E-state index contributed by atoms with van der Waals surface area (Å²) in [6.45, 7) is 10.7. The zero-order chi connectivity index (χ0) is 29.6. The SMILES string of the molecule is CC[C@H](C)NC(=O)[C@H](C)N(Cc1cccc(Cl)c1)C(=O)CN(c1ccc(C)cc1C)S(=O)(=O)c1ccc(C)cc1. The van der Waals surface area contributed by atoms with Crippen LogP contribution in [0.15, 0.2) is 71.6 Å². The first kappa shape index (κ1) is 31.2. The summed E-state index contributed by atoms with van der Waals surface area (Å²) in [6.07, 6.45) is 0.732. The zero-order valence-corrected chi connectivity index (χ0v) is 25.5. The molecule has 0 saturated heterocycles. The number of hydrogen-bond acceptors (Lipinski definition) is 4. The Balaban J connectivity index is 2.06. The van der Waals surface area contributed by atoms with Gasteiger partial charge >= 0.3 is 0 Å². The molecule has 214 valence electrons. The third kappa shape index (κ3) is 7.64. The van der Waals surface area contributed by atoms with Crippen LogP contribution in [0, 0.1) is 20.8 Å². The molecular formula is C31H38ClN3O4S. The second-order valence-electron chi connectivity index (χ2n) is 10.3. The number of hydrogen-bond donors (Lipinski definition) is 1. The number of anilines is 1. The number of carbonyl (C=O) groups is 2. The molecule has 40 heavy (non-hydrogen) atoms. The highest BCUT2D eigenvalue weighted by Crippen LogP contribution is 2.28. The summed E-state index contributed by atoms with van der Waals surface area (Å²) >= 11 is 6.20. The van der Waals surface area contributed by atoms with E-state index in [0.717, 1.165) is 27.4 Å². The molecule has 0 aromatic heterocycles. The molecule has 7 nitrogen and oxygen atoms in total. The number of halogens is 1. The highest BCUT2D eigenvalue weighted by molar-refractivity contribution is 7.92. The highest BCUT2D eigenvalue weighted by Gasteiger charge is 2.33. The van der Waals surface area contributed by atoms with Crippen molar-refractivity contribution in [3.8, 4) is 0 Å². The van der Waals surface area contributed by atoms with Gasteiger partial charge < -0.3 is 10.2 Å². The number of amides is 2. The first-order chi connectivity index (χ1) is 18.8. The smallest absolute Gasteiger partial charge is 0.264 e. The van der Waals surface area contributed by atoms with Crippen molar-refractivity contribution in [2.75, 3.05) is 10.8 Å². The molecule has 0 unspecified atom stereocenters. The van der Waals surface area contributed by atoms with Crippen LogP contribution in [0.5, 0.6) is 0 Å². The highest BCUT2D eigenvalue weighted by atomic mass is 35.5. The number of nitrogens with one attached hydrogen (secondary N) is 1. The molecular weight excluding hydrogens is 546 g/mol. The minimum Gasteiger partial charge on any atom is -0.352 e. The lowest BCUT2D eigenvalue weighted by Crippen LogP contribution is -2.52. The van der Waals surface area contributed by atoms with Crippen molar-refractivity contribution < 1.29 is 18.0 Å². The molecule has 2 amide bonds. The summed E-state index contributed by atoms with van der Waals surface area (Å²) in [4.78, 5) is 28.7. The van der Waals surface area contributed by atoms with E-state index in [2.05, 4.69) is 5.32 Å². The first-order valence-electron chi connectivity index (χ1n) is 13.3. The van der Waals surface area contributed by atoms with Crippen LogP contribution in [0.3, 0.4) is 0 Å². The first-order valence-corrected chi connectivity index (χ1v) is 15.2. The molecule has 3 rings (SSSR count). The van der Waals surface area contributed by atoms with Gasteiger partial charge in [-0.1, -0.05) is 66.0 Å². The molecule has 0 aliphatic heterocycles. The van der Waals surface area contributed by atoms with E-state index in [1.807, 2.05) is 52.8 Å². The minimum absolute atomic E-state index is 0.0771. The van der Waals surface area contributed by atoms with Crippen LogP contribution in [0.4, 0.5) is 5.69 Å². The third-order valence-corrected chi connectivity index (χ3v) is 8.93. The van der Waals surface area contributed by atoms with E-state index in [9.17, 15) is 18.0 Å². The number of sulfonamides is 1. The Kier molecular flexibility index (Phi) is 10.4. The van der Waals surface area contributed by atoms with Crippen molar-refractivity contribution >= 4 is 39.1 Å².